The van der Waals surface area contributed by atoms with Gasteiger partial charge in [-0.2, -0.15) is 0 Å². The Balaban J connectivity index is 0.899. The van der Waals surface area contributed by atoms with Gasteiger partial charge in [-0.25, -0.2) is 23.1 Å². The molecule has 16 nitrogen and oxygen atoms in total. The molecule has 2 saturated carbocycles. The number of H-pyrrole nitrogens is 1. The van der Waals surface area contributed by atoms with E-state index in [-0.39, 0.29) is 28.5 Å². The number of pyridine rings is 2. The summed E-state index contributed by atoms with van der Waals surface area (Å²) >= 11 is 0. The van der Waals surface area contributed by atoms with E-state index in [1.165, 1.54) is 30.2 Å². The van der Waals surface area contributed by atoms with E-state index in [0.29, 0.717) is 48.8 Å². The fourth-order valence-electron chi connectivity index (χ4n) is 10.7. The number of aromatic nitrogens is 3. The van der Waals surface area contributed by atoms with Crippen LogP contribution in [0.25, 0.3) is 11.0 Å². The van der Waals surface area contributed by atoms with Gasteiger partial charge >= 0.3 is 5.69 Å². The van der Waals surface area contributed by atoms with Gasteiger partial charge in [0.15, 0.2) is 0 Å². The Hall–Kier alpha value is -5.62. The number of piperidine rings is 1. The monoisotopic (exact) mass is 919 g/mol. The summed E-state index contributed by atoms with van der Waals surface area (Å²) in [4.78, 5) is 44.0. The van der Waals surface area contributed by atoms with Gasteiger partial charge in [0.2, 0.25) is 5.82 Å². The van der Waals surface area contributed by atoms with Crippen molar-refractivity contribution in [1.29, 1.82) is 0 Å². The van der Waals surface area contributed by atoms with E-state index in [2.05, 4.69) is 84.9 Å². The number of likely N-dealkylation sites (N-methyl/N-ethyl adjacent to an activating group) is 1. The number of benzene rings is 2. The number of hydrogen-bond donors (Lipinski definition) is 4. The normalized spacial score (nSPS) is 22.9. The topological polar surface area (TPSA) is 199 Å². The van der Waals surface area contributed by atoms with Crippen molar-refractivity contribution in [3.63, 3.8) is 0 Å². The maximum absolute atomic E-state index is 14.0. The number of hydrogen-bond acceptors (Lipinski definition) is 13. The molecule has 4 N–H and O–H groups in total. The zero-order chi connectivity index (χ0) is 46.4. The molecule has 0 radical (unpaired) electrons. The zero-order valence-corrected chi connectivity index (χ0v) is 39.0. The quantitative estimate of drug-likeness (QED) is 0.0655. The molecule has 3 aromatic heterocycles. The molecule has 17 heteroatoms. The van der Waals surface area contributed by atoms with Crippen molar-refractivity contribution in [2.45, 2.75) is 101 Å². The average molecular weight is 920 g/mol. The van der Waals surface area contributed by atoms with Crippen molar-refractivity contribution in [3.8, 4) is 11.5 Å². The van der Waals surface area contributed by atoms with E-state index < -0.39 is 37.0 Å². The highest BCUT2D eigenvalue weighted by Crippen LogP contribution is 2.53. The van der Waals surface area contributed by atoms with Crippen LogP contribution in [0.15, 0.2) is 84.1 Å². The Morgan fingerprint density at radius 1 is 1.00 bits per heavy atom. The lowest BCUT2D eigenvalue weighted by molar-refractivity contribution is -0.384. The molecule has 1 atom stereocenters. The second kappa shape index (κ2) is 18.2. The Labute approximate surface area is 386 Å². The Morgan fingerprint density at radius 3 is 2.50 bits per heavy atom. The summed E-state index contributed by atoms with van der Waals surface area (Å²) in [7, 11) is -2.40. The SMILES string of the molecule is CC(C)c1ccccc1[C@H]1CN(C)CCN1C1CC2(CCN(c3ccc(C(=O)NS(=O)(=O)c4cnc(NCC5CCC(C)(O)CC5)c([N+](=O)[O-])c4)c(Oc4cnc5[nH]ccc5c4)c3)CC2)C1. The molecule has 1 spiro atoms. The van der Waals surface area contributed by atoms with Crippen molar-refractivity contribution in [3.05, 3.63) is 106 Å². The minimum absolute atomic E-state index is 0.0419. The van der Waals surface area contributed by atoms with Gasteiger partial charge in [-0.1, -0.05) is 38.1 Å². The first-order valence-corrected chi connectivity index (χ1v) is 24.7. The van der Waals surface area contributed by atoms with Crippen LogP contribution in [-0.2, 0) is 10.0 Å². The molecule has 4 aliphatic rings. The molecule has 2 aliphatic carbocycles. The van der Waals surface area contributed by atoms with E-state index >= 15 is 0 Å². The van der Waals surface area contributed by atoms with Gasteiger partial charge < -0.3 is 29.9 Å². The fourth-order valence-corrected chi connectivity index (χ4v) is 11.7. The average Bonchev–Trinajstić information content (AvgIpc) is 3.76. The first-order chi connectivity index (χ1) is 31.6. The number of nitro groups is 1. The molecule has 0 bridgehead atoms. The minimum Gasteiger partial charge on any atom is -0.455 e. The summed E-state index contributed by atoms with van der Waals surface area (Å²) in [5.74, 6) is 0.0729. The van der Waals surface area contributed by atoms with Gasteiger partial charge in [-0.15, -0.1) is 0 Å². The van der Waals surface area contributed by atoms with E-state index in [0.717, 1.165) is 81.7 Å². The first kappa shape index (κ1) is 45.5. The Morgan fingerprint density at radius 2 is 1.76 bits per heavy atom. The second-order valence-electron chi connectivity index (χ2n) is 19.8. The smallest absolute Gasteiger partial charge is 0.312 e. The van der Waals surface area contributed by atoms with Gasteiger partial charge in [-0.05, 0) is 118 Å². The number of ether oxygens (including phenoxy) is 1. The van der Waals surface area contributed by atoms with Crippen molar-refractivity contribution >= 4 is 44.2 Å². The molecule has 350 valence electrons. The summed E-state index contributed by atoms with van der Waals surface area (Å²) in [6, 6.07) is 19.5. The third-order valence-electron chi connectivity index (χ3n) is 14.7. The highest BCUT2D eigenvalue weighted by Gasteiger charge is 2.50. The minimum atomic E-state index is -4.63. The van der Waals surface area contributed by atoms with Crippen LogP contribution in [0.3, 0.4) is 0 Å². The first-order valence-electron chi connectivity index (χ1n) is 23.3. The molecule has 2 saturated heterocycles. The van der Waals surface area contributed by atoms with Crippen LogP contribution < -0.4 is 19.7 Å². The lowest BCUT2D eigenvalue weighted by Gasteiger charge is -2.58. The number of aliphatic hydroxyl groups is 1. The molecular weight excluding hydrogens is 859 g/mol. The van der Waals surface area contributed by atoms with Gasteiger partial charge in [-0.3, -0.25) is 19.8 Å². The van der Waals surface area contributed by atoms with Crippen LogP contribution in [-0.4, -0.2) is 107 Å². The molecule has 4 fully saturated rings. The second-order valence-corrected chi connectivity index (χ2v) is 21.5. The Bertz CT molecular complexity index is 2700. The van der Waals surface area contributed by atoms with Crippen LogP contribution in [0.2, 0.25) is 0 Å². The van der Waals surface area contributed by atoms with Crippen LogP contribution >= 0.6 is 0 Å². The van der Waals surface area contributed by atoms with E-state index in [9.17, 15) is 28.4 Å². The standard InChI is InChI=1S/C49H61N9O7S/c1-32(2)39-7-5-6-8-40(39)43-31-55(4)21-22-57(43)36-26-49(27-36)16-19-56(20-17-49)35-9-10-41(44(24-35)65-37-23-34-13-18-50-45(34)52-29-37)47(59)54-66(63,64)38-25-42(58(61)62)46(53-30-38)51-28-33-11-14-48(3,60)15-12-33/h5-10,13,18,23-25,29-30,32-33,36,43,60H,11-12,14-17,19-22,26-28,31H2,1-4H3,(H,50,52)(H,51,53)(H,54,59)/t33?,43-,48?/m1/s1. The molecule has 5 heterocycles. The van der Waals surface area contributed by atoms with Crippen LogP contribution in [0.5, 0.6) is 11.5 Å². The lowest BCUT2D eigenvalue weighted by Crippen LogP contribution is -2.59. The van der Waals surface area contributed by atoms with E-state index in [4.69, 9.17) is 4.74 Å². The molecule has 1 amide bonds. The summed E-state index contributed by atoms with van der Waals surface area (Å²) in [5.41, 5.74) is 3.37. The van der Waals surface area contributed by atoms with Crippen molar-refractivity contribution in [2.75, 3.05) is 56.5 Å². The lowest BCUT2D eigenvalue weighted by atomic mass is 9.59. The van der Waals surface area contributed by atoms with Crippen molar-refractivity contribution < 1.29 is 28.0 Å². The largest absolute Gasteiger partial charge is 0.455 e. The Kier molecular flexibility index (Phi) is 12.6. The maximum Gasteiger partial charge on any atom is 0.312 e. The number of carbonyl (C=O) groups is 1. The van der Waals surface area contributed by atoms with Crippen LogP contribution in [0, 0.1) is 21.4 Å². The third-order valence-corrected chi connectivity index (χ3v) is 16.0. The molecule has 66 heavy (non-hydrogen) atoms. The van der Waals surface area contributed by atoms with Crippen LogP contribution in [0.1, 0.15) is 106 Å². The van der Waals surface area contributed by atoms with Crippen molar-refractivity contribution in [1.82, 2.24) is 29.5 Å². The molecule has 2 aliphatic heterocycles. The molecular formula is C49H61N9O7S. The summed E-state index contributed by atoms with van der Waals surface area (Å²) in [6.45, 7) is 11.5. The number of piperazine rings is 1. The molecule has 5 aromatic rings. The van der Waals surface area contributed by atoms with Gasteiger partial charge in [0, 0.05) is 80.8 Å². The summed E-state index contributed by atoms with van der Waals surface area (Å²) < 4.78 is 35.9. The number of nitrogens with zero attached hydrogens (tertiary/aromatic N) is 6. The van der Waals surface area contributed by atoms with Crippen molar-refractivity contribution in [2.24, 2.45) is 11.3 Å². The van der Waals surface area contributed by atoms with E-state index in [1.807, 2.05) is 12.1 Å². The fraction of sp³-hybridized carbons (Fsp3) is 0.490. The highest BCUT2D eigenvalue weighted by molar-refractivity contribution is 7.90. The number of carbonyl (C=O) groups excluding carboxylic acids is 1. The summed E-state index contributed by atoms with van der Waals surface area (Å²) in [5, 5.41) is 26.2. The maximum atomic E-state index is 14.0. The number of anilines is 2. The molecule has 0 unspecified atom stereocenters. The molecule has 9 rings (SSSR count). The number of amides is 1. The highest BCUT2D eigenvalue weighted by atomic mass is 32.2. The van der Waals surface area contributed by atoms with Gasteiger partial charge in [0.25, 0.3) is 15.9 Å². The van der Waals surface area contributed by atoms with E-state index in [1.54, 1.807) is 31.3 Å². The number of rotatable bonds is 13. The predicted molar refractivity (Wildman–Crippen MR) is 254 cm³/mol. The summed E-state index contributed by atoms with van der Waals surface area (Å²) in [6.07, 6.45) is 11.4. The number of sulfonamides is 1. The van der Waals surface area contributed by atoms with Crippen LogP contribution in [0.4, 0.5) is 17.2 Å². The number of fused-ring (bicyclic) bond motifs is 1. The zero-order valence-electron chi connectivity index (χ0n) is 38.2. The van der Waals surface area contributed by atoms with Gasteiger partial charge in [0.05, 0.1) is 28.5 Å². The predicted octanol–water partition coefficient (Wildman–Crippen LogP) is 7.99. The van der Waals surface area contributed by atoms with Gasteiger partial charge in [0.1, 0.15) is 22.0 Å². The number of nitrogens with one attached hydrogen (secondary N) is 3. The number of aromatic amines is 1. The third kappa shape index (κ3) is 9.62. The molecule has 2 aromatic carbocycles.